The third-order valence-electron chi connectivity index (χ3n) is 8.24. The number of anilines is 1. The number of carbonyl (C=O) groups excluding carboxylic acids is 1. The molecule has 0 saturated heterocycles. The summed E-state index contributed by atoms with van der Waals surface area (Å²) in [5.74, 6) is 1.76. The first-order valence-electron chi connectivity index (χ1n) is 12.7. The molecule has 1 aromatic heterocycles. The number of pyridine rings is 1. The number of ether oxygens (including phenoxy) is 1. The number of aromatic nitrogens is 1. The highest BCUT2D eigenvalue weighted by atomic mass is 19.4. The lowest BCUT2D eigenvalue weighted by Crippen LogP contribution is -2.25. The average molecular weight is 505 g/mol. The van der Waals surface area contributed by atoms with Gasteiger partial charge in [0.05, 0.1) is 17.2 Å². The molecule has 6 atom stereocenters. The summed E-state index contributed by atoms with van der Waals surface area (Å²) < 4.78 is 45.4. The summed E-state index contributed by atoms with van der Waals surface area (Å²) in [6, 6.07) is 5.55. The van der Waals surface area contributed by atoms with Crippen molar-refractivity contribution in [2.45, 2.75) is 69.8 Å². The first-order valence-corrected chi connectivity index (χ1v) is 12.7. The van der Waals surface area contributed by atoms with Crippen molar-refractivity contribution in [1.29, 1.82) is 0 Å². The molecule has 0 radical (unpaired) electrons. The van der Waals surface area contributed by atoms with Gasteiger partial charge in [-0.25, -0.2) is 0 Å². The van der Waals surface area contributed by atoms with Crippen LogP contribution in [-0.4, -0.2) is 28.2 Å². The summed E-state index contributed by atoms with van der Waals surface area (Å²) in [6.07, 6.45) is 5.81. The zero-order valence-electron chi connectivity index (χ0n) is 19.9. The third kappa shape index (κ3) is 5.45. The number of aliphatic hydroxyl groups excluding tert-OH is 1. The van der Waals surface area contributed by atoms with E-state index >= 15 is 0 Å². The van der Waals surface area contributed by atoms with Gasteiger partial charge in [-0.2, -0.15) is 13.2 Å². The number of aromatic amines is 1. The number of carbonyl (C=O) groups is 1. The Morgan fingerprint density at radius 3 is 2.22 bits per heavy atom. The predicted molar refractivity (Wildman–Crippen MR) is 128 cm³/mol. The largest absolute Gasteiger partial charge is 0.489 e. The summed E-state index contributed by atoms with van der Waals surface area (Å²) in [7, 11) is 0. The number of H-pyrrole nitrogens is 1. The van der Waals surface area contributed by atoms with Crippen molar-refractivity contribution in [3.05, 3.63) is 58.0 Å². The Morgan fingerprint density at radius 1 is 0.972 bits per heavy atom. The second-order valence-corrected chi connectivity index (χ2v) is 10.7. The van der Waals surface area contributed by atoms with Gasteiger partial charge >= 0.3 is 6.18 Å². The van der Waals surface area contributed by atoms with Crippen molar-refractivity contribution in [1.82, 2.24) is 4.98 Å². The molecule has 1 heterocycles. The van der Waals surface area contributed by atoms with Gasteiger partial charge in [0.25, 0.3) is 5.91 Å². The predicted octanol–water partition coefficient (Wildman–Crippen LogP) is 5.38. The monoisotopic (exact) mass is 504 g/mol. The lowest BCUT2D eigenvalue weighted by molar-refractivity contribution is -0.137. The highest BCUT2D eigenvalue weighted by Gasteiger charge is 2.42. The zero-order chi connectivity index (χ0) is 25.4. The smallest absolute Gasteiger partial charge is 0.416 e. The molecule has 4 saturated carbocycles. The van der Waals surface area contributed by atoms with Crippen LogP contribution >= 0.6 is 0 Å². The standard InChI is InChI=1S/C20H19F3N2O3.C7H12O/c21-20(22,23)13-3-4-15(19(27)25-14-5-6-24-18(26)10-14)17(9-13)28-16-8-11-1-2-12(16)7-11;8-7-4-5-1-2-6(7)3-5/h3-6,9-12,16H,1-2,7-8H2,(H2,24,25,26,27);5-8H,1-4H2/t11-,12+,16+;5-,6+,7+/m00/s1. The minimum atomic E-state index is -4.53. The Kier molecular flexibility index (Phi) is 6.85. The molecule has 0 unspecified atom stereocenters. The molecule has 4 aliphatic rings. The van der Waals surface area contributed by atoms with Crippen LogP contribution in [0.5, 0.6) is 5.75 Å². The highest BCUT2D eigenvalue weighted by molar-refractivity contribution is 6.06. The van der Waals surface area contributed by atoms with Crippen LogP contribution in [0.1, 0.15) is 67.3 Å². The Hall–Kier alpha value is -2.81. The highest BCUT2D eigenvalue weighted by Crippen LogP contribution is 2.47. The molecule has 2 aromatic rings. The molecule has 4 fully saturated rings. The molecular weight excluding hydrogens is 473 g/mol. The van der Waals surface area contributed by atoms with Gasteiger partial charge in [0.1, 0.15) is 11.9 Å². The van der Waals surface area contributed by atoms with Gasteiger partial charge in [0.2, 0.25) is 5.56 Å². The van der Waals surface area contributed by atoms with Crippen molar-refractivity contribution >= 4 is 11.6 Å². The lowest BCUT2D eigenvalue weighted by Gasteiger charge is -2.25. The van der Waals surface area contributed by atoms with Gasteiger partial charge in [0.15, 0.2) is 0 Å². The van der Waals surface area contributed by atoms with E-state index in [-0.39, 0.29) is 29.2 Å². The van der Waals surface area contributed by atoms with Gasteiger partial charge in [-0.1, -0.05) is 0 Å². The second-order valence-electron chi connectivity index (χ2n) is 10.7. The fraction of sp³-hybridized carbons (Fsp3) is 0.556. The minimum Gasteiger partial charge on any atom is -0.489 e. The molecule has 4 aliphatic carbocycles. The van der Waals surface area contributed by atoms with E-state index in [9.17, 15) is 27.9 Å². The Bertz CT molecular complexity index is 1160. The van der Waals surface area contributed by atoms with E-state index in [1.807, 2.05) is 0 Å². The van der Waals surface area contributed by atoms with Gasteiger partial charge in [-0.05, 0) is 99.3 Å². The number of halogens is 3. The Labute approximate surface area is 207 Å². The number of benzene rings is 1. The Balaban J connectivity index is 0.000000280. The molecule has 4 bridgehead atoms. The van der Waals surface area contributed by atoms with Crippen molar-refractivity contribution in [3.63, 3.8) is 0 Å². The SMILES string of the molecule is O=C(Nc1cc[nH]c(=O)c1)c1ccc(C(F)(F)F)cc1O[C@@H]1C[C@H]2CC[C@@H]1C2.O[C@@H]1C[C@H]2CC[C@@H]1C2. The summed E-state index contributed by atoms with van der Waals surface area (Å²) in [5.41, 5.74) is -1.00. The normalized spacial score (nSPS) is 30.1. The quantitative estimate of drug-likeness (QED) is 0.521. The van der Waals surface area contributed by atoms with Crippen molar-refractivity contribution in [2.24, 2.45) is 23.7 Å². The lowest BCUT2D eigenvalue weighted by atomic mass is 9.97. The van der Waals surface area contributed by atoms with Crippen molar-refractivity contribution in [2.75, 3.05) is 5.32 Å². The van der Waals surface area contributed by atoms with Crippen LogP contribution in [-0.2, 0) is 6.18 Å². The van der Waals surface area contributed by atoms with E-state index in [1.165, 1.54) is 37.6 Å². The number of aliphatic hydroxyl groups is 1. The maximum Gasteiger partial charge on any atom is 0.416 e. The fourth-order valence-corrected chi connectivity index (χ4v) is 6.41. The van der Waals surface area contributed by atoms with Crippen LogP contribution in [0.2, 0.25) is 0 Å². The number of nitrogens with one attached hydrogen (secondary N) is 2. The van der Waals surface area contributed by atoms with E-state index in [0.29, 0.717) is 17.8 Å². The van der Waals surface area contributed by atoms with Crippen LogP contribution in [0, 0.1) is 23.7 Å². The molecule has 9 heteroatoms. The van der Waals surface area contributed by atoms with Crippen molar-refractivity contribution in [3.8, 4) is 5.75 Å². The van der Waals surface area contributed by atoms with Crippen molar-refractivity contribution < 1.29 is 27.8 Å². The maximum absolute atomic E-state index is 13.2. The molecule has 3 N–H and O–H groups in total. The summed E-state index contributed by atoms with van der Waals surface area (Å²) >= 11 is 0. The van der Waals surface area contributed by atoms with Crippen LogP contribution in [0.25, 0.3) is 0 Å². The van der Waals surface area contributed by atoms with E-state index in [2.05, 4.69) is 10.3 Å². The number of alkyl halides is 3. The van der Waals surface area contributed by atoms with E-state index in [1.54, 1.807) is 0 Å². The average Bonchev–Trinajstić information content (AvgIpc) is 3.61. The fourth-order valence-electron chi connectivity index (χ4n) is 6.41. The number of hydrogen-bond donors (Lipinski definition) is 3. The van der Waals surface area contributed by atoms with E-state index < -0.39 is 23.2 Å². The number of hydrogen-bond acceptors (Lipinski definition) is 4. The van der Waals surface area contributed by atoms with Gasteiger partial charge in [-0.3, -0.25) is 9.59 Å². The van der Waals surface area contributed by atoms with E-state index in [0.717, 1.165) is 56.2 Å². The Morgan fingerprint density at radius 2 is 1.69 bits per heavy atom. The van der Waals surface area contributed by atoms with Gasteiger partial charge < -0.3 is 20.1 Å². The number of fused-ring (bicyclic) bond motifs is 4. The molecular formula is C27H31F3N2O4. The van der Waals surface area contributed by atoms with Gasteiger partial charge in [0, 0.05) is 18.0 Å². The molecule has 6 nitrogen and oxygen atoms in total. The maximum atomic E-state index is 13.2. The van der Waals surface area contributed by atoms with Crippen LogP contribution in [0.15, 0.2) is 41.3 Å². The first kappa shape index (κ1) is 24.9. The summed E-state index contributed by atoms with van der Waals surface area (Å²) in [4.78, 5) is 26.5. The second kappa shape index (κ2) is 9.92. The summed E-state index contributed by atoms with van der Waals surface area (Å²) in [6.45, 7) is 0. The molecule has 1 amide bonds. The van der Waals surface area contributed by atoms with Crippen LogP contribution < -0.4 is 15.6 Å². The molecule has 0 spiro atoms. The van der Waals surface area contributed by atoms with Gasteiger partial charge in [-0.15, -0.1) is 0 Å². The van der Waals surface area contributed by atoms with Crippen LogP contribution in [0.4, 0.5) is 18.9 Å². The minimum absolute atomic E-state index is 0.0102. The third-order valence-corrected chi connectivity index (χ3v) is 8.24. The first-order chi connectivity index (χ1) is 17.2. The summed E-state index contributed by atoms with van der Waals surface area (Å²) in [5, 5.41) is 11.8. The number of amides is 1. The molecule has 36 heavy (non-hydrogen) atoms. The molecule has 6 rings (SSSR count). The van der Waals surface area contributed by atoms with Crippen LogP contribution in [0.3, 0.4) is 0 Å². The van der Waals surface area contributed by atoms with E-state index in [4.69, 9.17) is 4.74 Å². The zero-order valence-corrected chi connectivity index (χ0v) is 19.9. The number of rotatable bonds is 4. The molecule has 0 aliphatic heterocycles. The topological polar surface area (TPSA) is 91.4 Å². The molecule has 1 aromatic carbocycles. The molecule has 194 valence electrons.